The lowest BCUT2D eigenvalue weighted by Crippen LogP contribution is -2.24. The average Bonchev–Trinajstić information content (AvgIpc) is 3.88. The Balaban J connectivity index is 1.10. The van der Waals surface area contributed by atoms with Crippen LogP contribution in [0, 0.1) is 0 Å². The molecule has 4 unspecified atom stereocenters. The molecular weight excluding hydrogens is 797 g/mol. The molecule has 0 bridgehead atoms. The number of hydrogen-bond donors (Lipinski definition) is 0. The van der Waals surface area contributed by atoms with Gasteiger partial charge in [-0.05, 0) is 162 Å². The first kappa shape index (κ1) is 37.7. The predicted molar refractivity (Wildman–Crippen MR) is 280 cm³/mol. The van der Waals surface area contributed by atoms with Crippen molar-refractivity contribution >= 4 is 65.2 Å². The van der Waals surface area contributed by atoms with E-state index in [1.165, 1.54) is 132 Å². The van der Waals surface area contributed by atoms with E-state index in [2.05, 4.69) is 231 Å². The van der Waals surface area contributed by atoms with Crippen LogP contribution in [0.15, 0.2) is 194 Å². The summed E-state index contributed by atoms with van der Waals surface area (Å²) in [5.74, 6) is 1.14. The van der Waals surface area contributed by atoms with Gasteiger partial charge in [-0.3, -0.25) is 0 Å². The minimum Gasteiger partial charge on any atom is -0.309 e. The summed E-state index contributed by atoms with van der Waals surface area (Å²) in [7, 11) is 0. The first-order valence-electron chi connectivity index (χ1n) is 23.8. The maximum Gasteiger partial charge on any atom is 0.0582 e. The monoisotopic (exact) mass is 844 g/mol. The minimum atomic E-state index is 0.242. The Bertz CT molecular complexity index is 3720. The normalized spacial score (nSPS) is 17.7. The van der Waals surface area contributed by atoms with Crippen molar-refractivity contribution in [2.75, 3.05) is 0 Å². The van der Waals surface area contributed by atoms with Gasteiger partial charge < -0.3 is 9.13 Å². The Kier molecular flexibility index (Phi) is 7.94. The van der Waals surface area contributed by atoms with Crippen molar-refractivity contribution in [3.05, 3.63) is 216 Å². The van der Waals surface area contributed by atoms with Gasteiger partial charge >= 0.3 is 0 Å². The Morgan fingerprint density at radius 2 is 0.712 bits per heavy atom. The summed E-state index contributed by atoms with van der Waals surface area (Å²) in [6, 6.07) is 72.9. The molecule has 12 aromatic rings. The third-order valence-corrected chi connectivity index (χ3v) is 16.1. The first-order chi connectivity index (χ1) is 32.4. The van der Waals surface area contributed by atoms with Gasteiger partial charge in [0.2, 0.25) is 0 Å². The quantitative estimate of drug-likeness (QED) is 0.167. The van der Waals surface area contributed by atoms with E-state index in [4.69, 9.17) is 0 Å². The fourth-order valence-electron chi connectivity index (χ4n) is 12.6. The van der Waals surface area contributed by atoms with Gasteiger partial charge in [-0.2, -0.15) is 0 Å². The number of fused-ring (bicyclic) bond motifs is 10. The van der Waals surface area contributed by atoms with E-state index in [1.54, 1.807) is 0 Å². The molecule has 2 aliphatic rings. The Morgan fingerprint density at radius 1 is 0.318 bits per heavy atom. The number of aromatic nitrogens is 2. The van der Waals surface area contributed by atoms with Crippen LogP contribution in [0.25, 0.3) is 110 Å². The highest BCUT2D eigenvalue weighted by atomic mass is 15.0. The Hall–Kier alpha value is -7.68. The number of para-hydroxylation sites is 2. The van der Waals surface area contributed by atoms with Crippen molar-refractivity contribution in [1.29, 1.82) is 0 Å². The van der Waals surface area contributed by atoms with Gasteiger partial charge in [0.05, 0.1) is 22.1 Å². The Morgan fingerprint density at radius 3 is 1.15 bits per heavy atom. The molecule has 10 aromatic carbocycles. The van der Waals surface area contributed by atoms with Crippen LogP contribution >= 0.6 is 0 Å². The van der Waals surface area contributed by atoms with Crippen molar-refractivity contribution < 1.29 is 0 Å². The molecule has 2 aromatic heterocycles. The van der Waals surface area contributed by atoms with Crippen LogP contribution in [0.2, 0.25) is 0 Å². The van der Waals surface area contributed by atoms with Crippen LogP contribution in [-0.4, -0.2) is 9.13 Å². The van der Waals surface area contributed by atoms with E-state index in [0.717, 1.165) is 0 Å². The molecule has 2 heteroatoms. The molecule has 66 heavy (non-hydrogen) atoms. The molecule has 0 amide bonds. The summed E-state index contributed by atoms with van der Waals surface area (Å²) in [4.78, 5) is 0. The highest BCUT2D eigenvalue weighted by Crippen LogP contribution is 2.61. The van der Waals surface area contributed by atoms with E-state index in [9.17, 15) is 0 Å². The predicted octanol–water partition coefficient (Wildman–Crippen LogP) is 17.6. The van der Waals surface area contributed by atoms with Crippen molar-refractivity contribution in [2.24, 2.45) is 0 Å². The van der Waals surface area contributed by atoms with Crippen molar-refractivity contribution in [3.63, 3.8) is 0 Å². The lowest BCUT2D eigenvalue weighted by molar-refractivity contribution is 0.584. The van der Waals surface area contributed by atoms with E-state index >= 15 is 0 Å². The number of hydrogen-bond acceptors (Lipinski definition) is 0. The summed E-state index contributed by atoms with van der Waals surface area (Å²) in [6.07, 6.45) is 0. The van der Waals surface area contributed by atoms with E-state index < -0.39 is 0 Å². The van der Waals surface area contributed by atoms with Crippen LogP contribution in [0.5, 0.6) is 0 Å². The fraction of sp³-hybridized carbons (Fsp3) is 0.125. The molecule has 2 aliphatic carbocycles. The van der Waals surface area contributed by atoms with Crippen LogP contribution in [0.4, 0.5) is 0 Å². The zero-order valence-corrected chi connectivity index (χ0v) is 37.7. The second-order valence-corrected chi connectivity index (χ2v) is 19.3. The van der Waals surface area contributed by atoms with Crippen molar-refractivity contribution in [2.45, 2.75) is 51.4 Å². The van der Waals surface area contributed by atoms with E-state index in [0.29, 0.717) is 11.8 Å². The van der Waals surface area contributed by atoms with Gasteiger partial charge in [0.1, 0.15) is 0 Å². The highest BCUT2D eigenvalue weighted by molar-refractivity contribution is 6.18. The molecule has 314 valence electrons. The third kappa shape index (κ3) is 5.07. The summed E-state index contributed by atoms with van der Waals surface area (Å²) in [6.45, 7) is 10.0. The zero-order valence-electron chi connectivity index (χ0n) is 37.7. The molecule has 0 fully saturated rings. The van der Waals surface area contributed by atoms with Crippen LogP contribution in [0.3, 0.4) is 0 Å². The molecule has 0 saturated carbocycles. The second kappa shape index (κ2) is 13.9. The lowest BCUT2D eigenvalue weighted by Gasteiger charge is -2.42. The van der Waals surface area contributed by atoms with Crippen LogP contribution in [0.1, 0.15) is 73.6 Å². The lowest BCUT2D eigenvalue weighted by atomic mass is 9.62. The molecule has 4 atom stereocenters. The SMILES string of the molecule is CC1c2cc3c4cc(-c5cccc6ccccc56)ccc4n(-c4ccccc4)c3c3c2-c2c(cc4c5cc(-c6cccc7ccccc67)ccc5n(-c5ccccc5)c4c2C(C)C3C)C1C. The van der Waals surface area contributed by atoms with Crippen LogP contribution in [-0.2, 0) is 0 Å². The Labute approximate surface area is 385 Å². The summed E-state index contributed by atoms with van der Waals surface area (Å²) in [5.41, 5.74) is 21.6. The van der Waals surface area contributed by atoms with Gasteiger partial charge in [-0.1, -0.05) is 161 Å². The maximum absolute atomic E-state index is 2.62. The smallest absolute Gasteiger partial charge is 0.0582 e. The molecule has 2 heterocycles. The van der Waals surface area contributed by atoms with E-state index in [1.807, 2.05) is 0 Å². The second-order valence-electron chi connectivity index (χ2n) is 19.3. The summed E-state index contributed by atoms with van der Waals surface area (Å²) >= 11 is 0. The minimum absolute atomic E-state index is 0.242. The molecule has 14 rings (SSSR count). The average molecular weight is 845 g/mol. The third-order valence-electron chi connectivity index (χ3n) is 16.1. The van der Waals surface area contributed by atoms with Gasteiger partial charge in [-0.25, -0.2) is 0 Å². The summed E-state index contributed by atoms with van der Waals surface area (Å²) in [5, 5.41) is 10.5. The fourth-order valence-corrected chi connectivity index (χ4v) is 12.6. The molecule has 0 aliphatic heterocycles. The summed E-state index contributed by atoms with van der Waals surface area (Å²) < 4.78 is 5.19. The molecular formula is C64H48N2. The maximum atomic E-state index is 2.62. The van der Waals surface area contributed by atoms with Gasteiger partial charge in [0.15, 0.2) is 0 Å². The molecule has 0 radical (unpaired) electrons. The highest BCUT2D eigenvalue weighted by Gasteiger charge is 2.42. The molecule has 0 N–H and O–H groups in total. The molecule has 0 saturated heterocycles. The van der Waals surface area contributed by atoms with E-state index in [-0.39, 0.29) is 11.8 Å². The number of benzene rings is 10. The number of nitrogens with zero attached hydrogens (tertiary/aromatic N) is 2. The standard InChI is InChI=1S/C64H48N2/c1-37-38(2)52-36-56-54-34-44(50-28-16-20-42-18-12-14-26-48(42)50)30-32-58(54)66(46-23-9-6-10-24-46)64(56)60-40(4)39(3)59-61(62(52)60)51(37)35-55-53-33-43(49-27-15-19-41-17-11-13-25-47(41)49)29-31-57(53)65(63(55)59)45-21-7-5-8-22-45/h5-40H,1-4H3. The van der Waals surface area contributed by atoms with Gasteiger partial charge in [0.25, 0.3) is 0 Å². The van der Waals surface area contributed by atoms with Gasteiger partial charge in [0, 0.05) is 32.9 Å². The largest absolute Gasteiger partial charge is 0.309 e. The first-order valence-corrected chi connectivity index (χ1v) is 23.8. The van der Waals surface area contributed by atoms with Crippen molar-refractivity contribution in [1.82, 2.24) is 9.13 Å². The molecule has 0 spiro atoms. The van der Waals surface area contributed by atoms with Gasteiger partial charge in [-0.15, -0.1) is 0 Å². The number of rotatable bonds is 4. The van der Waals surface area contributed by atoms with Crippen LogP contribution < -0.4 is 0 Å². The topological polar surface area (TPSA) is 9.86 Å². The van der Waals surface area contributed by atoms with Crippen molar-refractivity contribution in [3.8, 4) is 44.8 Å². The molecule has 2 nitrogen and oxygen atoms in total. The zero-order chi connectivity index (χ0) is 43.9.